The molecule has 1 aromatic rings. The zero-order valence-electron chi connectivity index (χ0n) is 11.9. The maximum absolute atomic E-state index is 11.1. The second kappa shape index (κ2) is 5.71. The molecule has 1 aromatic carbocycles. The highest BCUT2D eigenvalue weighted by atomic mass is 16.5. The molecule has 0 saturated heterocycles. The highest BCUT2D eigenvalue weighted by molar-refractivity contribution is 5.69. The molecule has 5 nitrogen and oxygen atoms in total. The van der Waals surface area contributed by atoms with Crippen LogP contribution in [0, 0.1) is 0 Å². The molecular formula is C15H21NO4. The minimum absolute atomic E-state index is 0.0235. The molecule has 0 aliphatic carbocycles. The summed E-state index contributed by atoms with van der Waals surface area (Å²) in [6.45, 7) is 4.92. The molecule has 0 spiro atoms. The van der Waals surface area contributed by atoms with Gasteiger partial charge in [-0.05, 0) is 24.6 Å². The Hall–Kier alpha value is -1.75. The van der Waals surface area contributed by atoms with Crippen LogP contribution in [-0.4, -0.2) is 30.3 Å². The molecule has 20 heavy (non-hydrogen) atoms. The van der Waals surface area contributed by atoms with Crippen LogP contribution in [0.25, 0.3) is 0 Å². The van der Waals surface area contributed by atoms with Gasteiger partial charge in [0.2, 0.25) is 0 Å². The van der Waals surface area contributed by atoms with Gasteiger partial charge in [-0.25, -0.2) is 0 Å². The fourth-order valence-electron chi connectivity index (χ4n) is 2.36. The lowest BCUT2D eigenvalue weighted by atomic mass is 9.74. The van der Waals surface area contributed by atoms with Gasteiger partial charge in [-0.3, -0.25) is 4.79 Å². The first kappa shape index (κ1) is 14.7. The third-order valence-corrected chi connectivity index (χ3v) is 3.93. The molecule has 0 amide bonds. The first-order chi connectivity index (χ1) is 9.43. The zero-order valence-corrected chi connectivity index (χ0v) is 11.9. The summed E-state index contributed by atoms with van der Waals surface area (Å²) < 4.78 is 11.2. The van der Waals surface area contributed by atoms with Crippen molar-refractivity contribution in [3.05, 3.63) is 23.8 Å². The monoisotopic (exact) mass is 279 g/mol. The van der Waals surface area contributed by atoms with Gasteiger partial charge in [0.25, 0.3) is 0 Å². The number of aliphatic carboxylic acids is 1. The van der Waals surface area contributed by atoms with Crippen LogP contribution in [0.15, 0.2) is 18.2 Å². The van der Waals surface area contributed by atoms with Crippen LogP contribution < -0.4 is 15.2 Å². The minimum atomic E-state index is -0.864. The summed E-state index contributed by atoms with van der Waals surface area (Å²) in [5.74, 6) is 0.503. The summed E-state index contributed by atoms with van der Waals surface area (Å²) in [4.78, 5) is 11.1. The third-order valence-electron chi connectivity index (χ3n) is 3.93. The number of benzene rings is 1. The van der Waals surface area contributed by atoms with Gasteiger partial charge in [0.15, 0.2) is 11.5 Å². The van der Waals surface area contributed by atoms with E-state index < -0.39 is 11.4 Å². The van der Waals surface area contributed by atoms with Gasteiger partial charge in [0.1, 0.15) is 0 Å². The van der Waals surface area contributed by atoms with Crippen molar-refractivity contribution in [1.82, 2.24) is 0 Å². The Morgan fingerprint density at radius 3 is 2.65 bits per heavy atom. The lowest BCUT2D eigenvalue weighted by Crippen LogP contribution is -2.42. The Balaban J connectivity index is 2.39. The van der Waals surface area contributed by atoms with Gasteiger partial charge in [-0.15, -0.1) is 0 Å². The molecule has 110 valence electrons. The second-order valence-corrected chi connectivity index (χ2v) is 5.49. The summed E-state index contributed by atoms with van der Waals surface area (Å²) in [6.07, 6.45) is 0.814. The lowest BCUT2D eigenvalue weighted by Gasteiger charge is -2.33. The summed E-state index contributed by atoms with van der Waals surface area (Å²) in [6, 6.07) is 5.27. The summed E-state index contributed by atoms with van der Waals surface area (Å²) in [5.41, 5.74) is 6.24. The number of fused-ring (bicyclic) bond motifs is 1. The van der Waals surface area contributed by atoms with Gasteiger partial charge in [0.05, 0.1) is 19.6 Å². The Morgan fingerprint density at radius 1 is 1.40 bits per heavy atom. The minimum Gasteiger partial charge on any atom is -0.490 e. The Labute approximate surface area is 118 Å². The van der Waals surface area contributed by atoms with Crippen molar-refractivity contribution in [3.8, 4) is 11.5 Å². The Kier molecular flexibility index (Phi) is 4.18. The van der Waals surface area contributed by atoms with Crippen molar-refractivity contribution in [2.75, 3.05) is 13.2 Å². The molecule has 2 rings (SSSR count). The zero-order chi connectivity index (χ0) is 14.8. The Bertz CT molecular complexity index is 501. The molecule has 5 heteroatoms. The molecule has 3 N–H and O–H groups in total. The molecule has 1 heterocycles. The van der Waals surface area contributed by atoms with Crippen molar-refractivity contribution in [1.29, 1.82) is 0 Å². The number of rotatable bonds is 4. The number of carboxylic acid groups (broad SMARTS) is 1. The van der Waals surface area contributed by atoms with Crippen LogP contribution in [0.5, 0.6) is 11.5 Å². The number of hydrogen-bond donors (Lipinski definition) is 2. The number of hydrogen-bond acceptors (Lipinski definition) is 4. The third kappa shape index (κ3) is 2.88. The second-order valence-electron chi connectivity index (χ2n) is 5.49. The maximum Gasteiger partial charge on any atom is 0.304 e. The molecule has 1 aliphatic heterocycles. The fourth-order valence-corrected chi connectivity index (χ4v) is 2.36. The highest BCUT2D eigenvalue weighted by Gasteiger charge is 2.34. The molecule has 2 atom stereocenters. The molecule has 0 radical (unpaired) electrons. The number of nitrogens with two attached hydrogens (primary N) is 1. The van der Waals surface area contributed by atoms with E-state index in [4.69, 9.17) is 20.3 Å². The topological polar surface area (TPSA) is 81.8 Å². The highest BCUT2D eigenvalue weighted by Crippen LogP contribution is 2.37. The van der Waals surface area contributed by atoms with Gasteiger partial charge >= 0.3 is 5.97 Å². The SMILES string of the molecule is CC(N)C(C)(CC(=O)O)c1ccc2c(c1)OCCCO2. The number of carbonyl (C=O) groups is 1. The molecule has 1 aliphatic rings. The van der Waals surface area contributed by atoms with E-state index in [1.807, 2.05) is 32.0 Å². The Morgan fingerprint density at radius 2 is 2.05 bits per heavy atom. The van der Waals surface area contributed by atoms with E-state index in [0.717, 1.165) is 12.0 Å². The first-order valence-corrected chi connectivity index (χ1v) is 6.81. The first-order valence-electron chi connectivity index (χ1n) is 6.81. The normalized spacial score (nSPS) is 18.8. The number of carboxylic acids is 1. The number of ether oxygens (including phenoxy) is 2. The maximum atomic E-state index is 11.1. The molecular weight excluding hydrogens is 258 g/mol. The van der Waals surface area contributed by atoms with Crippen LogP contribution in [0.3, 0.4) is 0 Å². The van der Waals surface area contributed by atoms with E-state index in [-0.39, 0.29) is 12.5 Å². The van der Waals surface area contributed by atoms with E-state index in [2.05, 4.69) is 0 Å². The van der Waals surface area contributed by atoms with E-state index in [0.29, 0.717) is 24.7 Å². The average molecular weight is 279 g/mol. The van der Waals surface area contributed by atoms with Crippen molar-refractivity contribution < 1.29 is 19.4 Å². The van der Waals surface area contributed by atoms with Crippen LogP contribution >= 0.6 is 0 Å². The largest absolute Gasteiger partial charge is 0.490 e. The summed E-state index contributed by atoms with van der Waals surface area (Å²) >= 11 is 0. The molecule has 0 aromatic heterocycles. The molecule has 0 saturated carbocycles. The predicted molar refractivity (Wildman–Crippen MR) is 75.3 cm³/mol. The van der Waals surface area contributed by atoms with Crippen LogP contribution in [-0.2, 0) is 10.2 Å². The van der Waals surface area contributed by atoms with E-state index in [9.17, 15) is 4.79 Å². The standard InChI is InChI=1S/C15H21NO4/c1-10(16)15(2,9-14(17)18)11-4-5-12-13(8-11)20-7-3-6-19-12/h4-5,8,10H,3,6-7,9,16H2,1-2H3,(H,17,18). The van der Waals surface area contributed by atoms with Crippen molar-refractivity contribution in [2.24, 2.45) is 5.73 Å². The van der Waals surface area contributed by atoms with Crippen LogP contribution in [0.2, 0.25) is 0 Å². The molecule has 0 fully saturated rings. The van der Waals surface area contributed by atoms with Gasteiger partial charge in [-0.1, -0.05) is 13.0 Å². The van der Waals surface area contributed by atoms with Crippen molar-refractivity contribution in [3.63, 3.8) is 0 Å². The van der Waals surface area contributed by atoms with Crippen molar-refractivity contribution in [2.45, 2.75) is 38.1 Å². The van der Waals surface area contributed by atoms with E-state index in [1.54, 1.807) is 0 Å². The average Bonchev–Trinajstić information content (AvgIpc) is 2.61. The van der Waals surface area contributed by atoms with E-state index >= 15 is 0 Å². The smallest absolute Gasteiger partial charge is 0.304 e. The van der Waals surface area contributed by atoms with Crippen molar-refractivity contribution >= 4 is 5.97 Å². The molecule has 2 unspecified atom stereocenters. The van der Waals surface area contributed by atoms with E-state index in [1.165, 1.54) is 0 Å². The lowest BCUT2D eigenvalue weighted by molar-refractivity contribution is -0.138. The summed E-state index contributed by atoms with van der Waals surface area (Å²) in [7, 11) is 0. The quantitative estimate of drug-likeness (QED) is 0.880. The predicted octanol–water partition coefficient (Wildman–Crippen LogP) is 1.93. The van der Waals surface area contributed by atoms with Crippen LogP contribution in [0.4, 0.5) is 0 Å². The van der Waals surface area contributed by atoms with Gasteiger partial charge < -0.3 is 20.3 Å². The fraction of sp³-hybridized carbons (Fsp3) is 0.533. The summed E-state index contributed by atoms with van der Waals surface area (Å²) in [5, 5.41) is 9.13. The van der Waals surface area contributed by atoms with Crippen LogP contribution in [0.1, 0.15) is 32.3 Å². The van der Waals surface area contributed by atoms with Gasteiger partial charge in [-0.2, -0.15) is 0 Å². The van der Waals surface area contributed by atoms with Gasteiger partial charge in [0, 0.05) is 17.9 Å². The molecule has 0 bridgehead atoms.